The molecule has 5 nitrogen and oxygen atoms in total. The van der Waals surface area contributed by atoms with Crippen molar-refractivity contribution in [2.75, 3.05) is 6.54 Å². The van der Waals surface area contributed by atoms with Gasteiger partial charge in [0.25, 0.3) is 5.91 Å². The van der Waals surface area contributed by atoms with Gasteiger partial charge in [0, 0.05) is 43.5 Å². The molecule has 0 spiro atoms. The molecule has 20 heavy (non-hydrogen) atoms. The molecular weight excluding hydrogens is 252 g/mol. The third-order valence-corrected chi connectivity index (χ3v) is 3.25. The Bertz CT molecular complexity index is 741. The highest BCUT2D eigenvalue weighted by atomic mass is 16.1. The Morgan fingerprint density at radius 3 is 3.05 bits per heavy atom. The van der Waals surface area contributed by atoms with Crippen molar-refractivity contribution < 1.29 is 4.79 Å². The van der Waals surface area contributed by atoms with E-state index in [1.165, 1.54) is 0 Å². The second-order valence-corrected chi connectivity index (χ2v) is 4.77. The fourth-order valence-corrected chi connectivity index (χ4v) is 2.19. The molecule has 0 radical (unpaired) electrons. The number of nitrogens with one attached hydrogen (secondary N) is 2. The van der Waals surface area contributed by atoms with E-state index in [2.05, 4.69) is 15.4 Å². The van der Waals surface area contributed by atoms with E-state index in [0.29, 0.717) is 12.1 Å². The Hall–Kier alpha value is -2.56. The number of aromatic amines is 1. The van der Waals surface area contributed by atoms with Crippen LogP contribution in [0.2, 0.25) is 0 Å². The quantitative estimate of drug-likeness (QED) is 0.759. The second kappa shape index (κ2) is 5.21. The fraction of sp³-hybridized carbons (Fsp3) is 0.200. The van der Waals surface area contributed by atoms with E-state index in [4.69, 9.17) is 0 Å². The summed E-state index contributed by atoms with van der Waals surface area (Å²) < 4.78 is 1.76. The minimum atomic E-state index is -0.0579. The molecule has 2 heterocycles. The van der Waals surface area contributed by atoms with Crippen molar-refractivity contribution in [1.29, 1.82) is 0 Å². The lowest BCUT2D eigenvalue weighted by Crippen LogP contribution is -2.25. The van der Waals surface area contributed by atoms with Crippen LogP contribution in [0, 0.1) is 0 Å². The molecule has 3 aromatic rings. The molecule has 0 saturated carbocycles. The normalized spacial score (nSPS) is 10.8. The number of carbonyl (C=O) groups excluding carboxylic acids is 1. The van der Waals surface area contributed by atoms with Crippen LogP contribution in [0.4, 0.5) is 0 Å². The van der Waals surface area contributed by atoms with Gasteiger partial charge >= 0.3 is 0 Å². The van der Waals surface area contributed by atoms with Gasteiger partial charge in [-0.25, -0.2) is 0 Å². The first kappa shape index (κ1) is 12.5. The summed E-state index contributed by atoms with van der Waals surface area (Å²) in [6.07, 6.45) is 4.50. The molecule has 102 valence electrons. The number of carbonyl (C=O) groups is 1. The van der Waals surface area contributed by atoms with Crippen LogP contribution in [-0.2, 0) is 13.5 Å². The maximum Gasteiger partial charge on any atom is 0.251 e. The molecule has 0 saturated heterocycles. The zero-order chi connectivity index (χ0) is 13.9. The molecule has 0 bridgehead atoms. The molecule has 2 N–H and O–H groups in total. The highest BCUT2D eigenvalue weighted by molar-refractivity contribution is 5.97. The lowest BCUT2D eigenvalue weighted by Gasteiger charge is -2.04. The van der Waals surface area contributed by atoms with Gasteiger partial charge in [0.15, 0.2) is 0 Å². The number of aromatic nitrogens is 3. The van der Waals surface area contributed by atoms with Crippen molar-refractivity contribution in [3.8, 4) is 0 Å². The largest absolute Gasteiger partial charge is 0.361 e. The Balaban J connectivity index is 1.61. The monoisotopic (exact) mass is 268 g/mol. The molecule has 0 aliphatic carbocycles. The molecule has 1 aromatic carbocycles. The Kier molecular flexibility index (Phi) is 3.25. The lowest BCUT2D eigenvalue weighted by atomic mass is 10.1. The summed E-state index contributed by atoms with van der Waals surface area (Å²) in [6, 6.07) is 9.59. The van der Waals surface area contributed by atoms with Crippen molar-refractivity contribution in [2.45, 2.75) is 6.42 Å². The molecule has 0 fully saturated rings. The first-order valence-corrected chi connectivity index (χ1v) is 6.56. The number of amides is 1. The molecule has 0 aliphatic rings. The van der Waals surface area contributed by atoms with Crippen LogP contribution >= 0.6 is 0 Å². The summed E-state index contributed by atoms with van der Waals surface area (Å²) in [5.74, 6) is -0.0579. The van der Waals surface area contributed by atoms with E-state index in [1.54, 1.807) is 4.68 Å². The van der Waals surface area contributed by atoms with Gasteiger partial charge in [-0.1, -0.05) is 6.07 Å². The maximum atomic E-state index is 12.1. The predicted molar refractivity (Wildman–Crippen MR) is 77.5 cm³/mol. The summed E-state index contributed by atoms with van der Waals surface area (Å²) >= 11 is 0. The first-order valence-electron chi connectivity index (χ1n) is 6.56. The highest BCUT2D eigenvalue weighted by Crippen LogP contribution is 2.13. The van der Waals surface area contributed by atoms with Crippen LogP contribution in [-0.4, -0.2) is 27.2 Å². The van der Waals surface area contributed by atoms with E-state index in [-0.39, 0.29) is 5.91 Å². The minimum absolute atomic E-state index is 0.0579. The number of H-pyrrole nitrogens is 1. The topological polar surface area (TPSA) is 62.7 Å². The second-order valence-electron chi connectivity index (χ2n) is 4.77. The summed E-state index contributed by atoms with van der Waals surface area (Å²) in [6.45, 7) is 0.582. The number of rotatable bonds is 4. The van der Waals surface area contributed by atoms with Gasteiger partial charge in [-0.15, -0.1) is 0 Å². The lowest BCUT2D eigenvalue weighted by molar-refractivity contribution is 0.0954. The van der Waals surface area contributed by atoms with E-state index in [1.807, 2.05) is 49.8 Å². The average Bonchev–Trinajstić information content (AvgIpc) is 3.06. The number of aryl methyl sites for hydroxylation is 1. The highest BCUT2D eigenvalue weighted by Gasteiger charge is 2.06. The van der Waals surface area contributed by atoms with Gasteiger partial charge in [0.1, 0.15) is 0 Å². The number of fused-ring (bicyclic) bond motifs is 1. The third-order valence-electron chi connectivity index (χ3n) is 3.25. The molecule has 1 amide bonds. The Morgan fingerprint density at radius 2 is 2.25 bits per heavy atom. The molecule has 0 atom stereocenters. The zero-order valence-corrected chi connectivity index (χ0v) is 11.3. The smallest absolute Gasteiger partial charge is 0.251 e. The molecule has 2 aromatic heterocycles. The number of hydrogen-bond acceptors (Lipinski definition) is 2. The molecule has 5 heteroatoms. The molecule has 0 aliphatic heterocycles. The van der Waals surface area contributed by atoms with Crippen LogP contribution in [0.1, 0.15) is 16.1 Å². The summed E-state index contributed by atoms with van der Waals surface area (Å²) in [4.78, 5) is 15.2. The first-order chi connectivity index (χ1) is 9.72. The van der Waals surface area contributed by atoms with Crippen LogP contribution in [0.5, 0.6) is 0 Å². The SMILES string of the molecule is Cn1ccc(CCNC(=O)c2ccc3cc[nH]c3c2)n1. The van der Waals surface area contributed by atoms with Gasteiger partial charge in [-0.05, 0) is 29.7 Å². The Labute approximate surface area is 116 Å². The van der Waals surface area contributed by atoms with Crippen LogP contribution in [0.15, 0.2) is 42.7 Å². The standard InChI is InChI=1S/C15H16N4O/c1-19-9-6-13(18-19)5-8-17-15(20)12-3-2-11-4-7-16-14(11)10-12/h2-4,6-7,9-10,16H,5,8H2,1H3,(H,17,20). The van der Waals surface area contributed by atoms with Crippen molar-refractivity contribution in [3.63, 3.8) is 0 Å². The summed E-state index contributed by atoms with van der Waals surface area (Å²) in [5.41, 5.74) is 2.62. The number of nitrogens with zero attached hydrogens (tertiary/aromatic N) is 2. The minimum Gasteiger partial charge on any atom is -0.361 e. The van der Waals surface area contributed by atoms with Gasteiger partial charge in [-0.2, -0.15) is 5.10 Å². The zero-order valence-electron chi connectivity index (χ0n) is 11.3. The molecular formula is C15H16N4O. The van der Waals surface area contributed by atoms with E-state index in [0.717, 1.165) is 23.0 Å². The van der Waals surface area contributed by atoms with Gasteiger partial charge in [0.05, 0.1) is 5.69 Å². The van der Waals surface area contributed by atoms with Crippen LogP contribution < -0.4 is 5.32 Å². The maximum absolute atomic E-state index is 12.1. The van der Waals surface area contributed by atoms with Crippen molar-refractivity contribution >= 4 is 16.8 Å². The molecule has 0 unspecified atom stereocenters. The van der Waals surface area contributed by atoms with Gasteiger partial charge in [-0.3, -0.25) is 9.48 Å². The summed E-state index contributed by atoms with van der Waals surface area (Å²) in [5, 5.41) is 8.29. The fourth-order valence-electron chi connectivity index (χ4n) is 2.19. The van der Waals surface area contributed by atoms with E-state index < -0.39 is 0 Å². The predicted octanol–water partition coefficient (Wildman–Crippen LogP) is 1.87. The number of hydrogen-bond donors (Lipinski definition) is 2. The van der Waals surface area contributed by atoms with Crippen molar-refractivity contribution in [2.24, 2.45) is 7.05 Å². The van der Waals surface area contributed by atoms with Crippen molar-refractivity contribution in [1.82, 2.24) is 20.1 Å². The van der Waals surface area contributed by atoms with E-state index in [9.17, 15) is 4.79 Å². The Morgan fingerprint density at radius 1 is 1.35 bits per heavy atom. The number of benzene rings is 1. The van der Waals surface area contributed by atoms with E-state index >= 15 is 0 Å². The van der Waals surface area contributed by atoms with Crippen molar-refractivity contribution in [3.05, 3.63) is 54.0 Å². The van der Waals surface area contributed by atoms with Crippen LogP contribution in [0.3, 0.4) is 0 Å². The van der Waals surface area contributed by atoms with Crippen LogP contribution in [0.25, 0.3) is 10.9 Å². The van der Waals surface area contributed by atoms with Gasteiger partial charge in [0.2, 0.25) is 0 Å². The third kappa shape index (κ3) is 2.56. The average molecular weight is 268 g/mol. The molecule has 3 rings (SSSR count). The summed E-state index contributed by atoms with van der Waals surface area (Å²) in [7, 11) is 1.88. The van der Waals surface area contributed by atoms with Gasteiger partial charge < -0.3 is 10.3 Å².